The molecular weight excluding hydrogens is 587 g/mol. The Hall–Kier alpha value is -3.58. The number of thiophene rings is 1. The van der Waals surface area contributed by atoms with Gasteiger partial charge in [0.15, 0.2) is 22.2 Å². The van der Waals surface area contributed by atoms with E-state index in [-0.39, 0.29) is 17.4 Å². The maximum absolute atomic E-state index is 13.6. The SMILES string of the molecule is COc1ccc(-c2ncc3nc2-c2ccccc2CCCCCCN(CC(C)(C)C(O)O)c2cccc(n2)S(=O)(=O)N3)s1. The molecule has 0 fully saturated rings. The third kappa shape index (κ3) is 7.15. The quantitative estimate of drug-likeness (QED) is 0.252. The summed E-state index contributed by atoms with van der Waals surface area (Å²) in [6.45, 7) is 4.39. The number of fused-ring (bicyclic) bond motifs is 6. The van der Waals surface area contributed by atoms with Gasteiger partial charge in [-0.15, -0.1) is 0 Å². The molecular formula is C31H37N5O5S2. The summed E-state index contributed by atoms with van der Waals surface area (Å²) in [6.07, 6.45) is 4.46. The van der Waals surface area contributed by atoms with Gasteiger partial charge in [-0.1, -0.05) is 68.4 Å². The molecule has 0 atom stereocenters. The van der Waals surface area contributed by atoms with Gasteiger partial charge in [-0.25, -0.2) is 15.0 Å². The summed E-state index contributed by atoms with van der Waals surface area (Å²) in [7, 11) is -2.52. The molecule has 3 aromatic heterocycles. The molecule has 43 heavy (non-hydrogen) atoms. The van der Waals surface area contributed by atoms with Crippen LogP contribution >= 0.6 is 11.3 Å². The molecule has 4 heterocycles. The molecule has 0 radical (unpaired) electrons. The summed E-state index contributed by atoms with van der Waals surface area (Å²) in [5.41, 5.74) is 2.38. The van der Waals surface area contributed by atoms with Crippen LogP contribution in [0.25, 0.3) is 21.8 Å². The lowest BCUT2D eigenvalue weighted by Gasteiger charge is -2.34. The van der Waals surface area contributed by atoms with Crippen LogP contribution in [0.2, 0.25) is 0 Å². The van der Waals surface area contributed by atoms with Gasteiger partial charge in [0.25, 0.3) is 10.0 Å². The van der Waals surface area contributed by atoms with Gasteiger partial charge in [0.1, 0.15) is 17.2 Å². The number of ether oxygens (including phenoxy) is 1. The Morgan fingerprint density at radius 2 is 1.79 bits per heavy atom. The van der Waals surface area contributed by atoms with Crippen molar-refractivity contribution in [2.24, 2.45) is 5.41 Å². The van der Waals surface area contributed by atoms with Crippen molar-refractivity contribution in [3.8, 4) is 26.9 Å². The van der Waals surface area contributed by atoms with Crippen LogP contribution in [0.5, 0.6) is 5.06 Å². The van der Waals surface area contributed by atoms with Crippen molar-refractivity contribution in [1.29, 1.82) is 0 Å². The van der Waals surface area contributed by atoms with Crippen LogP contribution in [0.1, 0.15) is 45.1 Å². The number of nitrogens with zero attached hydrogens (tertiary/aromatic N) is 4. The number of hydrogen-bond acceptors (Lipinski definition) is 10. The second-order valence-corrected chi connectivity index (χ2v) is 14.0. The van der Waals surface area contributed by atoms with Gasteiger partial charge in [0.05, 0.1) is 18.2 Å². The van der Waals surface area contributed by atoms with E-state index in [2.05, 4.69) is 15.8 Å². The second-order valence-electron chi connectivity index (χ2n) is 11.3. The van der Waals surface area contributed by atoms with E-state index in [1.54, 1.807) is 33.1 Å². The summed E-state index contributed by atoms with van der Waals surface area (Å²) in [4.78, 5) is 16.8. The van der Waals surface area contributed by atoms with Crippen molar-refractivity contribution in [2.75, 3.05) is 29.8 Å². The van der Waals surface area contributed by atoms with Gasteiger partial charge in [0, 0.05) is 24.1 Å². The van der Waals surface area contributed by atoms with Crippen LogP contribution in [0.15, 0.2) is 65.8 Å². The highest BCUT2D eigenvalue weighted by atomic mass is 32.2. The van der Waals surface area contributed by atoms with E-state index in [1.165, 1.54) is 23.6 Å². The van der Waals surface area contributed by atoms with Gasteiger partial charge in [-0.2, -0.15) is 8.42 Å². The van der Waals surface area contributed by atoms with Crippen LogP contribution < -0.4 is 14.4 Å². The Morgan fingerprint density at radius 3 is 2.56 bits per heavy atom. The lowest BCUT2D eigenvalue weighted by atomic mass is 9.91. The third-order valence-corrected chi connectivity index (χ3v) is 9.84. The minimum atomic E-state index is -4.14. The molecule has 0 aliphatic carbocycles. The maximum Gasteiger partial charge on any atom is 0.280 e. The van der Waals surface area contributed by atoms with Crippen LogP contribution in [0, 0.1) is 5.41 Å². The van der Waals surface area contributed by atoms with Gasteiger partial charge >= 0.3 is 0 Å². The lowest BCUT2D eigenvalue weighted by molar-refractivity contribution is -0.117. The average Bonchev–Trinajstić information content (AvgIpc) is 3.47. The second kappa shape index (κ2) is 13.0. The summed E-state index contributed by atoms with van der Waals surface area (Å²) >= 11 is 1.45. The number of benzene rings is 1. The Bertz CT molecular complexity index is 1670. The molecule has 0 saturated heterocycles. The highest BCUT2D eigenvalue weighted by Crippen LogP contribution is 2.38. The smallest absolute Gasteiger partial charge is 0.280 e. The maximum atomic E-state index is 13.6. The monoisotopic (exact) mass is 623 g/mol. The molecule has 0 saturated carbocycles. The zero-order chi connectivity index (χ0) is 30.6. The standard InChI is InChI=1S/C31H37N5O5S2/c1-31(2,30(37)38)20-36-18-9-5-4-6-11-21-12-7-8-13-22(21)28-29(23-16-17-27(41-3)42-23)32-19-24(33-28)35-43(39,40)26-15-10-14-25(36)34-26/h7-8,10,12-17,19,30,37-38H,4-6,9,11,18,20H2,1-3H3,(H,33,35). The minimum Gasteiger partial charge on any atom is -0.487 e. The molecule has 0 unspecified atom stereocenters. The van der Waals surface area contributed by atoms with Crippen molar-refractivity contribution in [1.82, 2.24) is 15.0 Å². The fourth-order valence-electron chi connectivity index (χ4n) is 5.07. The van der Waals surface area contributed by atoms with Crippen LogP contribution in [0.3, 0.4) is 0 Å². The molecule has 1 aliphatic rings. The molecule has 0 amide bonds. The number of methoxy groups -OCH3 is 1. The Labute approximate surface area is 256 Å². The van der Waals surface area contributed by atoms with Crippen molar-refractivity contribution in [2.45, 2.75) is 57.3 Å². The summed E-state index contributed by atoms with van der Waals surface area (Å²) < 4.78 is 35.2. The molecule has 1 aliphatic heterocycles. The number of sulfonamides is 1. The molecule has 0 spiro atoms. The Balaban J connectivity index is 1.59. The van der Waals surface area contributed by atoms with Crippen LogP contribution in [0.4, 0.5) is 11.6 Å². The number of aryl methyl sites for hydroxylation is 1. The number of aliphatic hydroxyl groups is 2. The fraction of sp³-hybridized carbons (Fsp3) is 0.387. The van der Waals surface area contributed by atoms with Gasteiger partial charge in [-0.3, -0.25) is 4.72 Å². The largest absolute Gasteiger partial charge is 0.487 e. The van der Waals surface area contributed by atoms with E-state index in [4.69, 9.17) is 14.7 Å². The molecule has 4 aromatic rings. The zero-order valence-corrected chi connectivity index (χ0v) is 26.2. The molecule has 5 rings (SSSR count). The Morgan fingerprint density at radius 1 is 1.00 bits per heavy atom. The molecule has 1 aromatic carbocycles. The average molecular weight is 624 g/mol. The summed E-state index contributed by atoms with van der Waals surface area (Å²) in [5, 5.41) is 20.5. The van der Waals surface area contributed by atoms with Gasteiger partial charge < -0.3 is 19.8 Å². The first kappa shape index (κ1) is 30.9. The first-order valence-corrected chi connectivity index (χ1v) is 16.6. The number of nitrogens with one attached hydrogen (secondary N) is 1. The van der Waals surface area contributed by atoms with Crippen molar-refractivity contribution < 1.29 is 23.4 Å². The number of rotatable bonds is 5. The molecule has 3 N–H and O–H groups in total. The van der Waals surface area contributed by atoms with E-state index in [0.29, 0.717) is 23.8 Å². The zero-order valence-electron chi connectivity index (χ0n) is 24.5. The molecule has 228 valence electrons. The van der Waals surface area contributed by atoms with Gasteiger partial charge in [-0.05, 0) is 49.1 Å². The van der Waals surface area contributed by atoms with E-state index in [9.17, 15) is 18.6 Å². The molecule has 12 heteroatoms. The molecule has 4 bridgehead atoms. The molecule has 10 nitrogen and oxygen atoms in total. The minimum absolute atomic E-state index is 0.0787. The highest BCUT2D eigenvalue weighted by molar-refractivity contribution is 7.92. The van der Waals surface area contributed by atoms with E-state index in [1.807, 2.05) is 35.2 Å². The lowest BCUT2D eigenvalue weighted by Crippen LogP contribution is -2.42. The number of hydrogen-bond donors (Lipinski definition) is 3. The number of anilines is 2. The van der Waals surface area contributed by atoms with Crippen molar-refractivity contribution >= 4 is 33.0 Å². The van der Waals surface area contributed by atoms with E-state index in [0.717, 1.165) is 53.2 Å². The normalized spacial score (nSPS) is 15.8. The van der Waals surface area contributed by atoms with Crippen LogP contribution in [-0.2, 0) is 16.4 Å². The van der Waals surface area contributed by atoms with Crippen molar-refractivity contribution in [3.05, 3.63) is 66.4 Å². The number of pyridine rings is 1. The first-order valence-electron chi connectivity index (χ1n) is 14.3. The van der Waals surface area contributed by atoms with Crippen molar-refractivity contribution in [3.63, 3.8) is 0 Å². The van der Waals surface area contributed by atoms with E-state index < -0.39 is 21.7 Å². The Kier molecular flexibility index (Phi) is 9.30. The first-order chi connectivity index (χ1) is 20.6. The third-order valence-electron chi connectivity index (χ3n) is 7.53. The predicted molar refractivity (Wildman–Crippen MR) is 169 cm³/mol. The predicted octanol–water partition coefficient (Wildman–Crippen LogP) is 5.34. The van der Waals surface area contributed by atoms with Crippen LogP contribution in [-0.4, -0.2) is 60.1 Å². The van der Waals surface area contributed by atoms with Gasteiger partial charge in [0.2, 0.25) is 0 Å². The topological polar surface area (TPSA) is 138 Å². The number of aliphatic hydroxyl groups excluding tert-OH is 1. The highest BCUT2D eigenvalue weighted by Gasteiger charge is 2.30. The fourth-order valence-corrected chi connectivity index (χ4v) is 6.84. The summed E-state index contributed by atoms with van der Waals surface area (Å²) in [6, 6.07) is 16.7. The summed E-state index contributed by atoms with van der Waals surface area (Å²) in [5.74, 6) is 0.525. The van der Waals surface area contributed by atoms with E-state index >= 15 is 0 Å². The number of aromatic nitrogens is 3.